The van der Waals surface area contributed by atoms with Crippen LogP contribution in [0.5, 0.6) is 0 Å². The van der Waals surface area contributed by atoms with Gasteiger partial charge in [0.25, 0.3) is 0 Å². The Hall–Kier alpha value is -0.780. The molecular weight excluding hydrogens is 240 g/mol. The average molecular weight is 274 g/mol. The van der Waals surface area contributed by atoms with Crippen LogP contribution in [0.2, 0.25) is 0 Å². The van der Waals surface area contributed by atoms with Crippen molar-refractivity contribution in [2.24, 2.45) is 0 Å². The number of hydrogen-bond acceptors (Lipinski definition) is 0. The molecule has 0 fully saturated rings. The molecule has 0 aliphatic rings. The Morgan fingerprint density at radius 3 is 1.55 bits per heavy atom. The number of hydrogen-bond donors (Lipinski definition) is 0. The monoisotopic (exact) mass is 274 g/mol. The Kier molecular flexibility index (Phi) is 9.45. The van der Waals surface area contributed by atoms with Crippen LogP contribution < -0.4 is 0 Å². The highest BCUT2D eigenvalue weighted by Gasteiger charge is 2.08. The second-order valence-electron chi connectivity index (χ2n) is 6.07. The molecule has 20 heavy (non-hydrogen) atoms. The summed E-state index contributed by atoms with van der Waals surface area (Å²) in [5.74, 6) is 0. The minimum Gasteiger partial charge on any atom is -0.0654 e. The van der Waals surface area contributed by atoms with Crippen molar-refractivity contribution in [2.75, 3.05) is 0 Å². The van der Waals surface area contributed by atoms with Crippen LogP contribution in [0.1, 0.15) is 88.8 Å². The molecule has 0 saturated carbocycles. The summed E-state index contributed by atoms with van der Waals surface area (Å²) >= 11 is 0. The molecule has 0 spiro atoms. The van der Waals surface area contributed by atoms with E-state index in [-0.39, 0.29) is 0 Å². The summed E-state index contributed by atoms with van der Waals surface area (Å²) < 4.78 is 0. The molecule has 0 aromatic heterocycles. The lowest BCUT2D eigenvalue weighted by molar-refractivity contribution is 0.691. The lowest BCUT2D eigenvalue weighted by atomic mass is 9.91. The molecule has 1 aromatic rings. The van der Waals surface area contributed by atoms with Gasteiger partial charge in [0, 0.05) is 0 Å². The van der Waals surface area contributed by atoms with Crippen LogP contribution in [0, 0.1) is 0 Å². The van der Waals surface area contributed by atoms with Gasteiger partial charge < -0.3 is 0 Å². The fourth-order valence-electron chi connectivity index (χ4n) is 2.96. The standard InChI is InChI=1S/C20H34/c1-4-7-10-13-18-15-12-16-19(14-11-8-5-2)20(18)17-9-6-3/h12,15-16H,4-11,13-14,17H2,1-3H3. The highest BCUT2D eigenvalue weighted by Crippen LogP contribution is 2.22. The van der Waals surface area contributed by atoms with Gasteiger partial charge in [0.15, 0.2) is 0 Å². The largest absolute Gasteiger partial charge is 0.0654 e. The van der Waals surface area contributed by atoms with Crippen molar-refractivity contribution in [1.29, 1.82) is 0 Å². The van der Waals surface area contributed by atoms with E-state index < -0.39 is 0 Å². The third-order valence-electron chi connectivity index (χ3n) is 4.25. The summed E-state index contributed by atoms with van der Waals surface area (Å²) in [6.45, 7) is 6.88. The van der Waals surface area contributed by atoms with Crippen LogP contribution in [-0.2, 0) is 19.3 Å². The first-order chi connectivity index (χ1) is 9.83. The number of aryl methyl sites for hydroxylation is 2. The zero-order valence-corrected chi connectivity index (χ0v) is 14.0. The minimum atomic E-state index is 1.29. The van der Waals surface area contributed by atoms with Gasteiger partial charge in [-0.3, -0.25) is 0 Å². The molecule has 0 N–H and O–H groups in total. The quantitative estimate of drug-likeness (QED) is 0.404. The fraction of sp³-hybridized carbons (Fsp3) is 0.700. The van der Waals surface area contributed by atoms with Crippen molar-refractivity contribution >= 4 is 0 Å². The fourth-order valence-corrected chi connectivity index (χ4v) is 2.96. The van der Waals surface area contributed by atoms with E-state index in [2.05, 4.69) is 39.0 Å². The Balaban J connectivity index is 2.76. The van der Waals surface area contributed by atoms with Crippen LogP contribution >= 0.6 is 0 Å². The first-order valence-corrected chi connectivity index (χ1v) is 8.93. The second kappa shape index (κ2) is 10.9. The average Bonchev–Trinajstić information content (AvgIpc) is 2.47. The summed E-state index contributed by atoms with van der Waals surface area (Å²) in [7, 11) is 0. The van der Waals surface area contributed by atoms with Crippen molar-refractivity contribution in [1.82, 2.24) is 0 Å². The van der Waals surface area contributed by atoms with Gasteiger partial charge in [-0.05, 0) is 55.2 Å². The maximum Gasteiger partial charge on any atom is -0.0274 e. The van der Waals surface area contributed by atoms with Crippen molar-refractivity contribution in [2.45, 2.75) is 91.4 Å². The molecule has 0 atom stereocenters. The van der Waals surface area contributed by atoms with Crippen LogP contribution in [-0.4, -0.2) is 0 Å². The van der Waals surface area contributed by atoms with Gasteiger partial charge in [-0.2, -0.15) is 0 Å². The molecule has 0 heterocycles. The molecule has 1 rings (SSSR count). The van der Waals surface area contributed by atoms with E-state index >= 15 is 0 Å². The van der Waals surface area contributed by atoms with Gasteiger partial charge in [-0.15, -0.1) is 0 Å². The van der Waals surface area contributed by atoms with E-state index in [0.717, 1.165) is 0 Å². The van der Waals surface area contributed by atoms with Crippen LogP contribution in [0.4, 0.5) is 0 Å². The summed E-state index contributed by atoms with van der Waals surface area (Å²) in [6.07, 6.45) is 14.6. The molecule has 0 bridgehead atoms. The van der Waals surface area contributed by atoms with E-state index in [1.54, 1.807) is 16.7 Å². The first kappa shape index (κ1) is 17.3. The van der Waals surface area contributed by atoms with Crippen LogP contribution in [0.3, 0.4) is 0 Å². The van der Waals surface area contributed by atoms with Crippen molar-refractivity contribution < 1.29 is 0 Å². The third kappa shape index (κ3) is 6.11. The maximum absolute atomic E-state index is 2.38. The van der Waals surface area contributed by atoms with Crippen LogP contribution in [0.15, 0.2) is 18.2 Å². The highest BCUT2D eigenvalue weighted by molar-refractivity contribution is 5.36. The van der Waals surface area contributed by atoms with E-state index in [9.17, 15) is 0 Å². The lowest BCUT2D eigenvalue weighted by Gasteiger charge is -2.15. The molecule has 0 unspecified atom stereocenters. The zero-order valence-electron chi connectivity index (χ0n) is 14.0. The molecule has 1 aromatic carbocycles. The molecular formula is C20H34. The molecule has 0 radical (unpaired) electrons. The van der Waals surface area contributed by atoms with Crippen molar-refractivity contribution in [3.63, 3.8) is 0 Å². The summed E-state index contributed by atoms with van der Waals surface area (Å²) in [6, 6.07) is 7.05. The predicted octanol–water partition coefficient (Wildman–Crippen LogP) is 6.49. The van der Waals surface area contributed by atoms with Crippen molar-refractivity contribution in [3.8, 4) is 0 Å². The van der Waals surface area contributed by atoms with E-state index in [1.165, 1.54) is 70.6 Å². The molecule has 0 amide bonds. The van der Waals surface area contributed by atoms with E-state index in [1.807, 2.05) is 0 Å². The Morgan fingerprint density at radius 1 is 0.600 bits per heavy atom. The number of rotatable bonds is 11. The smallest absolute Gasteiger partial charge is 0.0274 e. The molecule has 0 nitrogen and oxygen atoms in total. The second-order valence-corrected chi connectivity index (χ2v) is 6.07. The van der Waals surface area contributed by atoms with Gasteiger partial charge in [0.05, 0.1) is 0 Å². The van der Waals surface area contributed by atoms with E-state index in [4.69, 9.17) is 0 Å². The number of unbranched alkanes of at least 4 members (excludes halogenated alkanes) is 5. The summed E-state index contributed by atoms with van der Waals surface area (Å²) in [4.78, 5) is 0. The third-order valence-corrected chi connectivity index (χ3v) is 4.25. The van der Waals surface area contributed by atoms with E-state index in [0.29, 0.717) is 0 Å². The minimum absolute atomic E-state index is 1.29. The molecule has 114 valence electrons. The zero-order chi connectivity index (χ0) is 14.6. The maximum atomic E-state index is 2.38. The molecule has 0 aliphatic heterocycles. The lowest BCUT2D eigenvalue weighted by Crippen LogP contribution is -2.01. The molecule has 0 saturated heterocycles. The molecule has 0 aliphatic carbocycles. The van der Waals surface area contributed by atoms with Gasteiger partial charge >= 0.3 is 0 Å². The summed E-state index contributed by atoms with van der Waals surface area (Å²) in [5.41, 5.74) is 4.98. The van der Waals surface area contributed by atoms with Gasteiger partial charge in [0.2, 0.25) is 0 Å². The Morgan fingerprint density at radius 2 is 1.10 bits per heavy atom. The topological polar surface area (TPSA) is 0 Å². The van der Waals surface area contributed by atoms with Gasteiger partial charge in [0.1, 0.15) is 0 Å². The summed E-state index contributed by atoms with van der Waals surface area (Å²) in [5, 5.41) is 0. The molecule has 0 heteroatoms. The SMILES string of the molecule is CCCCCc1cccc(CCCCC)c1CCCC. The van der Waals surface area contributed by atoms with Crippen LogP contribution in [0.25, 0.3) is 0 Å². The highest BCUT2D eigenvalue weighted by atomic mass is 14.1. The number of benzene rings is 1. The van der Waals surface area contributed by atoms with Gasteiger partial charge in [-0.1, -0.05) is 71.1 Å². The predicted molar refractivity (Wildman–Crippen MR) is 91.5 cm³/mol. The Bertz CT molecular complexity index is 323. The normalized spacial score (nSPS) is 10.9. The Labute approximate surface area is 127 Å². The van der Waals surface area contributed by atoms with Crippen molar-refractivity contribution in [3.05, 3.63) is 34.9 Å². The van der Waals surface area contributed by atoms with Gasteiger partial charge in [-0.25, -0.2) is 0 Å². The first-order valence-electron chi connectivity index (χ1n) is 8.93.